The van der Waals surface area contributed by atoms with Crippen LogP contribution in [0.4, 0.5) is 0 Å². The molecule has 1 aromatic carbocycles. The normalized spacial score (nSPS) is 15.5. The van der Waals surface area contributed by atoms with E-state index in [1.807, 2.05) is 42.3 Å². The van der Waals surface area contributed by atoms with Gasteiger partial charge in [-0.1, -0.05) is 37.6 Å². The summed E-state index contributed by atoms with van der Waals surface area (Å²) in [6.45, 7) is 5.66. The number of aryl methyl sites for hydroxylation is 1. The smallest absolute Gasteiger partial charge is 0.272 e. The maximum atomic E-state index is 12.8. The molecule has 0 atom stereocenters. The molecule has 1 fully saturated rings. The Labute approximate surface area is 159 Å². The number of aromatic nitrogens is 2. The number of nitrogens with zero attached hydrogens (tertiary/aromatic N) is 3. The van der Waals surface area contributed by atoms with Crippen LogP contribution in [0.1, 0.15) is 42.9 Å². The molecule has 1 saturated heterocycles. The molecule has 1 aliphatic heterocycles. The van der Waals surface area contributed by atoms with Gasteiger partial charge >= 0.3 is 0 Å². The van der Waals surface area contributed by atoms with E-state index in [9.17, 15) is 4.79 Å². The highest BCUT2D eigenvalue weighted by Gasteiger charge is 2.27. The van der Waals surface area contributed by atoms with Crippen molar-refractivity contribution in [2.24, 2.45) is 13.0 Å². The molecule has 0 N–H and O–H groups in total. The number of amides is 1. The zero-order valence-electron chi connectivity index (χ0n) is 15.6. The highest BCUT2D eigenvalue weighted by atomic mass is 35.5. The molecule has 2 aromatic rings. The first kappa shape index (κ1) is 18.8. The fraction of sp³-hybridized carbons (Fsp3) is 0.500. The lowest BCUT2D eigenvalue weighted by Gasteiger charge is -2.32. The van der Waals surface area contributed by atoms with Crippen molar-refractivity contribution >= 4 is 17.5 Å². The van der Waals surface area contributed by atoms with E-state index in [1.54, 1.807) is 4.68 Å². The summed E-state index contributed by atoms with van der Waals surface area (Å²) in [6.07, 6.45) is 2.57. The Bertz CT molecular complexity index is 764. The lowest BCUT2D eigenvalue weighted by Crippen LogP contribution is -2.42. The van der Waals surface area contributed by atoms with Gasteiger partial charge in [-0.25, -0.2) is 0 Å². The van der Waals surface area contributed by atoms with Gasteiger partial charge in [-0.15, -0.1) is 0 Å². The Kier molecular flexibility index (Phi) is 5.87. The monoisotopic (exact) mass is 375 g/mol. The van der Waals surface area contributed by atoms with Gasteiger partial charge in [0.05, 0.1) is 10.7 Å². The van der Waals surface area contributed by atoms with E-state index >= 15 is 0 Å². The molecule has 0 saturated carbocycles. The predicted octanol–water partition coefficient (Wildman–Crippen LogP) is 3.96. The van der Waals surface area contributed by atoms with Crippen LogP contribution in [0, 0.1) is 5.92 Å². The summed E-state index contributed by atoms with van der Waals surface area (Å²) in [5.41, 5.74) is 1.63. The van der Waals surface area contributed by atoms with Gasteiger partial charge in [-0.2, -0.15) is 5.10 Å². The molecule has 0 bridgehead atoms. The quantitative estimate of drug-likeness (QED) is 0.794. The van der Waals surface area contributed by atoms with Crippen LogP contribution in [0.25, 0.3) is 0 Å². The third kappa shape index (κ3) is 4.39. The van der Waals surface area contributed by atoms with Crippen molar-refractivity contribution in [3.05, 3.63) is 46.7 Å². The van der Waals surface area contributed by atoms with Gasteiger partial charge in [0.25, 0.3) is 5.91 Å². The summed E-state index contributed by atoms with van der Waals surface area (Å²) in [6, 6.07) is 9.43. The lowest BCUT2D eigenvalue weighted by atomic mass is 10.1. The van der Waals surface area contributed by atoms with Gasteiger partial charge in [-0.05, 0) is 30.5 Å². The molecule has 5 nitrogen and oxygen atoms in total. The lowest BCUT2D eigenvalue weighted by molar-refractivity contribution is 0.0585. The van der Waals surface area contributed by atoms with Crippen LogP contribution < -0.4 is 4.74 Å². The summed E-state index contributed by atoms with van der Waals surface area (Å²) in [4.78, 5) is 14.7. The van der Waals surface area contributed by atoms with Gasteiger partial charge in [-0.3, -0.25) is 9.48 Å². The molecule has 3 rings (SSSR count). The predicted molar refractivity (Wildman–Crippen MR) is 103 cm³/mol. The van der Waals surface area contributed by atoms with Crippen LogP contribution in [-0.2, 0) is 13.5 Å². The summed E-state index contributed by atoms with van der Waals surface area (Å²) in [5.74, 6) is 1.28. The average Bonchev–Trinajstić information content (AvgIpc) is 2.96. The number of benzene rings is 1. The van der Waals surface area contributed by atoms with E-state index in [4.69, 9.17) is 16.3 Å². The maximum Gasteiger partial charge on any atom is 0.272 e. The van der Waals surface area contributed by atoms with Crippen LogP contribution >= 0.6 is 11.6 Å². The molecular weight excluding hydrogens is 350 g/mol. The minimum absolute atomic E-state index is 0.0474. The first-order chi connectivity index (χ1) is 12.4. The molecule has 0 radical (unpaired) electrons. The maximum absolute atomic E-state index is 12.8. The van der Waals surface area contributed by atoms with Crippen LogP contribution in [-0.4, -0.2) is 39.8 Å². The van der Waals surface area contributed by atoms with E-state index < -0.39 is 0 Å². The van der Waals surface area contributed by atoms with Crippen molar-refractivity contribution in [1.29, 1.82) is 0 Å². The van der Waals surface area contributed by atoms with Gasteiger partial charge < -0.3 is 9.64 Å². The van der Waals surface area contributed by atoms with Crippen molar-refractivity contribution in [3.63, 3.8) is 0 Å². The van der Waals surface area contributed by atoms with E-state index in [0.29, 0.717) is 35.5 Å². The number of ether oxygens (including phenoxy) is 1. The number of para-hydroxylation sites is 1. The molecule has 140 valence electrons. The molecule has 0 spiro atoms. The number of halogens is 1. The minimum atomic E-state index is 0.0474. The summed E-state index contributed by atoms with van der Waals surface area (Å²) in [7, 11) is 1.84. The molecular formula is C20H26ClN3O2. The summed E-state index contributed by atoms with van der Waals surface area (Å²) in [5, 5.41) is 5.10. The third-order valence-electron chi connectivity index (χ3n) is 4.63. The van der Waals surface area contributed by atoms with Gasteiger partial charge in [0.1, 0.15) is 17.5 Å². The zero-order valence-corrected chi connectivity index (χ0v) is 16.4. The van der Waals surface area contributed by atoms with Crippen molar-refractivity contribution < 1.29 is 9.53 Å². The molecule has 0 aliphatic carbocycles. The Morgan fingerprint density at radius 2 is 2.00 bits per heavy atom. The molecule has 2 heterocycles. The number of carbonyl (C=O) groups excluding carboxylic acids is 1. The van der Waals surface area contributed by atoms with E-state index in [0.717, 1.165) is 25.0 Å². The van der Waals surface area contributed by atoms with E-state index in [2.05, 4.69) is 18.9 Å². The molecule has 1 aromatic heterocycles. The Morgan fingerprint density at radius 1 is 1.31 bits per heavy atom. The van der Waals surface area contributed by atoms with Gasteiger partial charge in [0, 0.05) is 33.0 Å². The second-order valence-electron chi connectivity index (χ2n) is 7.28. The molecule has 1 aliphatic rings. The zero-order chi connectivity index (χ0) is 18.7. The second kappa shape index (κ2) is 8.12. The first-order valence-electron chi connectivity index (χ1n) is 9.17. The molecule has 0 unspecified atom stereocenters. The molecule has 26 heavy (non-hydrogen) atoms. The van der Waals surface area contributed by atoms with Crippen molar-refractivity contribution in [2.75, 3.05) is 13.1 Å². The Hall–Kier alpha value is -2.01. The van der Waals surface area contributed by atoms with Crippen molar-refractivity contribution in [3.8, 4) is 5.75 Å². The SMILES string of the molecule is CC(C)Cc1cc(C(=O)N2CCC(Oc3ccccc3Cl)CC2)n(C)n1. The van der Waals surface area contributed by atoms with E-state index in [-0.39, 0.29) is 12.0 Å². The van der Waals surface area contributed by atoms with Crippen LogP contribution in [0.3, 0.4) is 0 Å². The standard InChI is InChI=1S/C20H26ClN3O2/c1-14(2)12-15-13-18(23(3)22-15)20(25)24-10-8-16(9-11-24)26-19-7-5-4-6-17(19)21/h4-7,13-14,16H,8-12H2,1-3H3. The van der Waals surface area contributed by atoms with E-state index in [1.165, 1.54) is 0 Å². The number of carbonyl (C=O) groups is 1. The second-order valence-corrected chi connectivity index (χ2v) is 7.69. The number of hydrogen-bond acceptors (Lipinski definition) is 3. The third-order valence-corrected chi connectivity index (χ3v) is 4.94. The molecule has 1 amide bonds. The minimum Gasteiger partial charge on any atom is -0.489 e. The number of piperidine rings is 1. The summed E-state index contributed by atoms with van der Waals surface area (Å²) >= 11 is 6.16. The van der Waals surface area contributed by atoms with Gasteiger partial charge in [0.15, 0.2) is 0 Å². The van der Waals surface area contributed by atoms with Crippen LogP contribution in [0.5, 0.6) is 5.75 Å². The Balaban J connectivity index is 1.58. The van der Waals surface area contributed by atoms with Gasteiger partial charge in [0.2, 0.25) is 0 Å². The highest BCUT2D eigenvalue weighted by molar-refractivity contribution is 6.32. The first-order valence-corrected chi connectivity index (χ1v) is 9.55. The van der Waals surface area contributed by atoms with Crippen LogP contribution in [0.2, 0.25) is 5.02 Å². The molecule has 6 heteroatoms. The average molecular weight is 376 g/mol. The largest absolute Gasteiger partial charge is 0.489 e. The fourth-order valence-electron chi connectivity index (χ4n) is 3.30. The number of likely N-dealkylation sites (tertiary alicyclic amines) is 1. The number of hydrogen-bond donors (Lipinski definition) is 0. The van der Waals surface area contributed by atoms with Crippen molar-refractivity contribution in [2.45, 2.75) is 39.2 Å². The number of rotatable bonds is 5. The highest BCUT2D eigenvalue weighted by Crippen LogP contribution is 2.27. The van der Waals surface area contributed by atoms with Crippen LogP contribution in [0.15, 0.2) is 30.3 Å². The van der Waals surface area contributed by atoms with Crippen molar-refractivity contribution in [1.82, 2.24) is 14.7 Å². The Morgan fingerprint density at radius 3 is 2.65 bits per heavy atom. The fourth-order valence-corrected chi connectivity index (χ4v) is 3.48. The topological polar surface area (TPSA) is 47.4 Å². The summed E-state index contributed by atoms with van der Waals surface area (Å²) < 4.78 is 7.70.